The lowest BCUT2D eigenvalue weighted by molar-refractivity contribution is 0.398. The maximum absolute atomic E-state index is 11.8. The number of allylic oxidation sites excluding steroid dienone is 3. The maximum atomic E-state index is 11.8. The summed E-state index contributed by atoms with van der Waals surface area (Å²) in [7, 11) is -2.13. The van der Waals surface area contributed by atoms with Crippen molar-refractivity contribution in [1.29, 1.82) is 0 Å². The Hall–Kier alpha value is -1.59. The summed E-state index contributed by atoms with van der Waals surface area (Å²) >= 11 is 0. The van der Waals surface area contributed by atoms with Gasteiger partial charge in [0.15, 0.2) is 0 Å². The zero-order valence-electron chi connectivity index (χ0n) is 10.9. The molecule has 0 fully saturated rings. The summed E-state index contributed by atoms with van der Waals surface area (Å²) in [6, 6.07) is 7.38. The lowest BCUT2D eigenvalue weighted by Crippen LogP contribution is -2.44. The summed E-state index contributed by atoms with van der Waals surface area (Å²) in [5, 5.41) is 4.56. The molecule has 0 spiro atoms. The summed E-state index contributed by atoms with van der Waals surface area (Å²) in [5.41, 5.74) is 0.0618. The van der Waals surface area contributed by atoms with E-state index in [0.717, 1.165) is 5.56 Å². The third-order valence-corrected chi connectivity index (χ3v) is 4.83. The molecule has 0 bridgehead atoms. The molecule has 0 aromatic heterocycles. The molecule has 5 heteroatoms. The van der Waals surface area contributed by atoms with Crippen LogP contribution in [0.1, 0.15) is 12.5 Å². The van der Waals surface area contributed by atoms with Crippen LogP contribution < -0.4 is 9.88 Å². The molecule has 4 nitrogen and oxygen atoms in total. The van der Waals surface area contributed by atoms with Crippen LogP contribution in [0.5, 0.6) is 5.75 Å². The van der Waals surface area contributed by atoms with Crippen LogP contribution in [-0.2, 0) is 15.4 Å². The largest absolute Gasteiger partial charge is 0.496 e. The van der Waals surface area contributed by atoms with Crippen LogP contribution in [0.15, 0.2) is 48.6 Å². The van der Waals surface area contributed by atoms with Gasteiger partial charge in [0.2, 0.25) is 10.0 Å². The highest BCUT2D eigenvalue weighted by Crippen LogP contribution is 2.40. The Balaban J connectivity index is 2.63. The number of hydrogen-bond acceptors (Lipinski definition) is 3. The second-order valence-corrected chi connectivity index (χ2v) is 6.42. The predicted octanol–water partition coefficient (Wildman–Crippen LogP) is 1.74. The Morgan fingerprint density at radius 3 is 2.58 bits per heavy atom. The third-order valence-electron chi connectivity index (χ3n) is 3.47. The van der Waals surface area contributed by atoms with E-state index in [0.29, 0.717) is 5.75 Å². The fourth-order valence-corrected chi connectivity index (χ4v) is 3.70. The van der Waals surface area contributed by atoms with E-state index in [1.807, 2.05) is 43.3 Å². The molecule has 2 unspecified atom stereocenters. The number of rotatable bonds is 3. The molecule has 0 saturated heterocycles. The Morgan fingerprint density at radius 1 is 1.26 bits per heavy atom. The Morgan fingerprint density at radius 2 is 1.95 bits per heavy atom. The van der Waals surface area contributed by atoms with E-state index >= 15 is 0 Å². The first kappa shape index (κ1) is 13.8. The van der Waals surface area contributed by atoms with Crippen molar-refractivity contribution >= 4 is 10.0 Å². The molecule has 2 rings (SSSR count). The van der Waals surface area contributed by atoms with Crippen LogP contribution in [-0.4, -0.2) is 20.8 Å². The van der Waals surface area contributed by atoms with Crippen molar-refractivity contribution < 1.29 is 13.2 Å². The van der Waals surface area contributed by atoms with Crippen molar-refractivity contribution in [3.8, 4) is 5.75 Å². The number of sulfonamides is 1. The normalized spacial score (nSPS) is 26.4. The van der Waals surface area contributed by atoms with Gasteiger partial charge >= 0.3 is 0 Å². The highest BCUT2D eigenvalue weighted by atomic mass is 32.2. The summed E-state index contributed by atoms with van der Waals surface area (Å²) in [6.45, 7) is 1.85. The minimum Gasteiger partial charge on any atom is -0.496 e. The van der Waals surface area contributed by atoms with Gasteiger partial charge in [0.1, 0.15) is 11.0 Å². The highest BCUT2D eigenvalue weighted by molar-refractivity contribution is 7.90. The molecular weight excluding hydrogens is 262 g/mol. The van der Waals surface area contributed by atoms with Gasteiger partial charge in [-0.3, -0.25) is 0 Å². The average Bonchev–Trinajstić information content (AvgIpc) is 2.38. The standard InChI is InChI=1S/C14H17NO3S/c1-14(11-7-3-4-8-12(11)18-2)10-6-5-9-13(14)19(15,16)17/h3-10,13H,1-2H3,(H2,15,16,17). The van der Waals surface area contributed by atoms with E-state index in [2.05, 4.69) is 0 Å². The smallest absolute Gasteiger partial charge is 0.216 e. The van der Waals surface area contributed by atoms with Gasteiger partial charge < -0.3 is 4.74 Å². The van der Waals surface area contributed by atoms with Gasteiger partial charge in [-0.25, -0.2) is 13.6 Å². The second kappa shape index (κ2) is 4.83. The van der Waals surface area contributed by atoms with Crippen LogP contribution in [0.4, 0.5) is 0 Å². The monoisotopic (exact) mass is 279 g/mol. The molecule has 1 aromatic rings. The average molecular weight is 279 g/mol. The second-order valence-electron chi connectivity index (χ2n) is 4.74. The number of ether oxygens (including phenoxy) is 1. The van der Waals surface area contributed by atoms with Gasteiger partial charge in [-0.15, -0.1) is 0 Å². The number of benzene rings is 1. The van der Waals surface area contributed by atoms with Crippen LogP contribution >= 0.6 is 0 Å². The molecule has 0 aliphatic heterocycles. The van der Waals surface area contributed by atoms with E-state index in [9.17, 15) is 8.42 Å². The first-order valence-corrected chi connectivity index (χ1v) is 7.51. The summed E-state index contributed by atoms with van der Waals surface area (Å²) in [6.07, 6.45) is 6.99. The molecule has 1 aliphatic carbocycles. The Kier molecular flexibility index (Phi) is 3.52. The number of hydrogen-bond donors (Lipinski definition) is 1. The van der Waals surface area contributed by atoms with Crippen molar-refractivity contribution in [1.82, 2.24) is 0 Å². The van der Waals surface area contributed by atoms with Crippen LogP contribution in [0.25, 0.3) is 0 Å². The zero-order chi connectivity index (χ0) is 14.1. The third kappa shape index (κ3) is 2.43. The molecular formula is C14H17NO3S. The van der Waals surface area contributed by atoms with Crippen LogP contribution in [0, 0.1) is 0 Å². The quantitative estimate of drug-likeness (QED) is 0.916. The molecule has 19 heavy (non-hydrogen) atoms. The van der Waals surface area contributed by atoms with Crippen molar-refractivity contribution in [3.05, 3.63) is 54.1 Å². The highest BCUT2D eigenvalue weighted by Gasteiger charge is 2.41. The van der Waals surface area contributed by atoms with E-state index in [1.54, 1.807) is 19.3 Å². The maximum Gasteiger partial charge on any atom is 0.216 e. The lowest BCUT2D eigenvalue weighted by Gasteiger charge is -2.35. The summed E-state index contributed by atoms with van der Waals surface area (Å²) < 4.78 is 29.0. The lowest BCUT2D eigenvalue weighted by atomic mass is 9.76. The van der Waals surface area contributed by atoms with Crippen molar-refractivity contribution in [3.63, 3.8) is 0 Å². The van der Waals surface area contributed by atoms with Crippen molar-refractivity contribution in [2.75, 3.05) is 7.11 Å². The molecule has 1 aromatic carbocycles. The Bertz CT molecular complexity index is 634. The zero-order valence-corrected chi connectivity index (χ0v) is 11.7. The van der Waals surface area contributed by atoms with Crippen LogP contribution in [0.2, 0.25) is 0 Å². The van der Waals surface area contributed by atoms with Gasteiger partial charge in [-0.1, -0.05) is 49.4 Å². The van der Waals surface area contributed by atoms with Gasteiger partial charge in [0, 0.05) is 11.0 Å². The van der Waals surface area contributed by atoms with Crippen molar-refractivity contribution in [2.24, 2.45) is 5.14 Å². The van der Waals surface area contributed by atoms with E-state index < -0.39 is 20.7 Å². The summed E-state index contributed by atoms with van der Waals surface area (Å²) in [5.74, 6) is 0.651. The summed E-state index contributed by atoms with van der Waals surface area (Å²) in [4.78, 5) is 0. The minimum atomic E-state index is -3.70. The fourth-order valence-electron chi connectivity index (χ4n) is 2.50. The minimum absolute atomic E-state index is 0.651. The molecule has 2 N–H and O–H groups in total. The van der Waals surface area contributed by atoms with E-state index in [-0.39, 0.29) is 0 Å². The number of methoxy groups -OCH3 is 1. The molecule has 0 amide bonds. The number of nitrogens with two attached hydrogens (primary N) is 1. The molecule has 102 valence electrons. The first-order valence-electron chi connectivity index (χ1n) is 5.91. The van der Waals surface area contributed by atoms with Gasteiger partial charge in [0.25, 0.3) is 0 Å². The first-order chi connectivity index (χ1) is 8.89. The van der Waals surface area contributed by atoms with Crippen molar-refractivity contribution in [2.45, 2.75) is 17.6 Å². The molecule has 2 atom stereocenters. The molecule has 0 radical (unpaired) electrons. The topological polar surface area (TPSA) is 69.4 Å². The molecule has 0 heterocycles. The molecule has 1 aliphatic rings. The SMILES string of the molecule is COc1ccccc1C1(C)C=CC=CC1S(N)(=O)=O. The van der Waals surface area contributed by atoms with E-state index in [4.69, 9.17) is 9.88 Å². The fraction of sp³-hybridized carbons (Fsp3) is 0.286. The Labute approximate surface area is 113 Å². The number of para-hydroxylation sites is 1. The number of primary sulfonamides is 1. The van der Waals surface area contributed by atoms with Gasteiger partial charge in [-0.2, -0.15) is 0 Å². The van der Waals surface area contributed by atoms with Crippen LogP contribution in [0.3, 0.4) is 0 Å². The van der Waals surface area contributed by atoms with Gasteiger partial charge in [-0.05, 0) is 6.07 Å². The van der Waals surface area contributed by atoms with E-state index in [1.165, 1.54) is 0 Å². The molecule has 0 saturated carbocycles. The predicted molar refractivity (Wildman–Crippen MR) is 75.5 cm³/mol. The van der Waals surface area contributed by atoms with Gasteiger partial charge in [0.05, 0.1) is 7.11 Å².